The van der Waals surface area contributed by atoms with Crippen molar-refractivity contribution < 1.29 is 13.3 Å². The zero-order valence-electron chi connectivity index (χ0n) is 44.6. The molecule has 0 spiro atoms. The molecule has 0 aliphatic heterocycles. The summed E-state index contributed by atoms with van der Waals surface area (Å²) >= 11 is 0. The Hall–Kier alpha value is -6.89. The Morgan fingerprint density at radius 1 is 0.301 bits per heavy atom. The summed E-state index contributed by atoms with van der Waals surface area (Å²) in [5.74, 6) is 0. The molecular weight excluding hydrogens is 957 g/mol. The number of furan rings is 3. The molecule has 0 unspecified atom stereocenters. The van der Waals surface area contributed by atoms with Crippen LogP contribution in [0, 0.1) is 0 Å². The SMILES string of the molecule is C[SiH-](C)(C)c1ccc(N(c2ccc([SiH-](C)(C)C)cc2)c2cc3c4ccoc4c4cc(N(c5ccc([SiH-](C)(C)C)cc5)c5ccc([SiH-](C)(C)C)cc5)c5c6ccccc6oc5c4c3c3oc4ccccc4c23)cc1. The van der Waals surface area contributed by atoms with Crippen LogP contribution >= 0.6 is 0 Å². The van der Waals surface area contributed by atoms with Crippen molar-refractivity contribution >= 4 is 164 Å². The van der Waals surface area contributed by atoms with Crippen molar-refractivity contribution in [3.05, 3.63) is 170 Å². The van der Waals surface area contributed by atoms with Gasteiger partial charge in [0, 0.05) is 0 Å². The summed E-state index contributed by atoms with van der Waals surface area (Å²) in [5, 5.41) is 15.0. The second-order valence-corrected chi connectivity index (χ2v) is 49.3. The molecule has 0 bridgehead atoms. The van der Waals surface area contributed by atoms with Gasteiger partial charge in [0.1, 0.15) is 0 Å². The van der Waals surface area contributed by atoms with Gasteiger partial charge in [-0.2, -0.15) is 0 Å². The number of anilines is 6. The van der Waals surface area contributed by atoms with E-state index < -0.39 is 32.3 Å². The van der Waals surface area contributed by atoms with E-state index in [1.54, 1.807) is 0 Å². The molecule has 3 heterocycles. The van der Waals surface area contributed by atoms with Gasteiger partial charge < -0.3 is 0 Å². The first-order chi connectivity index (χ1) is 34.7. The maximum absolute atomic E-state index is 7.32. The number of hydrogen-bond donors (Lipinski definition) is 0. The first-order valence-corrected chi connectivity index (χ1v) is 43.1. The molecule has 73 heavy (non-hydrogen) atoms. The van der Waals surface area contributed by atoms with Crippen LogP contribution < -0.4 is 30.5 Å². The van der Waals surface area contributed by atoms with E-state index in [0.29, 0.717) is 0 Å². The molecule has 12 aromatic rings. The van der Waals surface area contributed by atoms with Crippen LogP contribution in [0.25, 0.3) is 76.4 Å². The fraction of sp³-hybridized carbons (Fsp3) is 0.188. The van der Waals surface area contributed by atoms with E-state index in [1.165, 1.54) is 20.7 Å². The van der Waals surface area contributed by atoms with Crippen LogP contribution in [-0.2, 0) is 0 Å². The normalized spacial score (nSPS) is 13.8. The molecule has 0 saturated heterocycles. The maximum atomic E-state index is 7.32. The molecule has 0 fully saturated rings. The van der Waals surface area contributed by atoms with Gasteiger partial charge in [0.15, 0.2) is 0 Å². The third-order valence-electron chi connectivity index (χ3n) is 15.8. The van der Waals surface area contributed by atoms with Crippen molar-refractivity contribution in [2.45, 2.75) is 78.6 Å². The molecule has 372 valence electrons. The number of rotatable bonds is 10. The first kappa shape index (κ1) is 47.1. The van der Waals surface area contributed by atoms with E-state index >= 15 is 0 Å². The van der Waals surface area contributed by atoms with Crippen LogP contribution in [0.3, 0.4) is 0 Å². The molecule has 0 atom stereocenters. The second kappa shape index (κ2) is 16.8. The number of hydrogen-bond acceptors (Lipinski definition) is 5. The zero-order valence-corrected chi connectivity index (χ0v) is 49.2. The predicted octanol–water partition coefficient (Wildman–Crippen LogP) is 16.6. The van der Waals surface area contributed by atoms with Crippen molar-refractivity contribution in [3.8, 4) is 0 Å². The van der Waals surface area contributed by atoms with Gasteiger partial charge >= 0.3 is 435 Å². The third kappa shape index (κ3) is 7.91. The Kier molecular flexibility index (Phi) is 10.9. The van der Waals surface area contributed by atoms with Crippen LogP contribution in [0.15, 0.2) is 183 Å². The summed E-state index contributed by atoms with van der Waals surface area (Å²) in [6, 6.07) is 61.4. The third-order valence-corrected chi connectivity index (χ3v) is 25.3. The van der Waals surface area contributed by atoms with E-state index in [2.05, 4.69) is 252 Å². The molecule has 0 aliphatic carbocycles. The topological polar surface area (TPSA) is 45.9 Å². The van der Waals surface area contributed by atoms with Gasteiger partial charge in [-0.15, -0.1) is 0 Å². The monoisotopic (exact) mass is 1020 g/mol. The van der Waals surface area contributed by atoms with Crippen LogP contribution in [-0.4, -0.2) is 32.3 Å². The standard InChI is InChI=1S/C64H68N2O3Si4/c1-70(2,3)45-29-21-41(22-30-45)65(42-23-31-46(32-24-42)71(4,5)6)54-39-52-49-37-38-67-62(49)53-40-55(66(43-25-33-47(34-26-43)72(7,8)9)44-27-35-48(36-28-44)73(10,11)12)59-51-18-14-16-20-57(51)69-64(59)61(53)60(52)63-58(54)50-17-13-15-19-56(50)68-63/h13-40,70-73H,1-12H3/q-4. The average molecular weight is 1030 g/mol. The number of nitrogens with zero attached hydrogens (tertiary/aromatic N) is 2. The predicted molar refractivity (Wildman–Crippen MR) is 333 cm³/mol. The van der Waals surface area contributed by atoms with Crippen LogP contribution in [0.4, 0.5) is 34.1 Å². The van der Waals surface area contributed by atoms with Crippen molar-refractivity contribution in [2.24, 2.45) is 0 Å². The first-order valence-electron chi connectivity index (χ1n) is 26.9. The molecule has 3 aromatic heterocycles. The molecule has 9 aromatic carbocycles. The summed E-state index contributed by atoms with van der Waals surface area (Å²) in [6.45, 7) is 29.3. The van der Waals surface area contributed by atoms with Crippen molar-refractivity contribution in [3.63, 3.8) is 0 Å². The van der Waals surface area contributed by atoms with Gasteiger partial charge in [-0.1, -0.05) is 0 Å². The molecule has 0 amide bonds. The van der Waals surface area contributed by atoms with E-state index in [-0.39, 0.29) is 0 Å². The molecule has 12 rings (SSSR count). The summed E-state index contributed by atoms with van der Waals surface area (Å²) in [7, 11) is -7.61. The van der Waals surface area contributed by atoms with Crippen LogP contribution in [0.5, 0.6) is 0 Å². The van der Waals surface area contributed by atoms with Gasteiger partial charge in [0.2, 0.25) is 0 Å². The Morgan fingerprint density at radius 3 is 0.986 bits per heavy atom. The van der Waals surface area contributed by atoms with E-state index in [0.717, 1.165) is 111 Å². The second-order valence-electron chi connectivity index (χ2n) is 25.8. The van der Waals surface area contributed by atoms with Crippen molar-refractivity contribution in [1.82, 2.24) is 0 Å². The van der Waals surface area contributed by atoms with Gasteiger partial charge in [0.05, 0.1) is 0 Å². The summed E-state index contributed by atoms with van der Waals surface area (Å²) in [6.07, 6.45) is 1.85. The molecule has 9 heteroatoms. The van der Waals surface area contributed by atoms with Gasteiger partial charge in [0.25, 0.3) is 0 Å². The Balaban J connectivity index is 1.22. The quantitative estimate of drug-likeness (QED) is 0.101. The number of para-hydroxylation sites is 2. The van der Waals surface area contributed by atoms with E-state index in [4.69, 9.17) is 13.3 Å². The van der Waals surface area contributed by atoms with Crippen LogP contribution in [0.2, 0.25) is 78.6 Å². The number of fused-ring (bicyclic) bond motifs is 14. The summed E-state index contributed by atoms with van der Waals surface area (Å²) in [5.41, 5.74) is 10.6. The molecule has 5 nitrogen and oxygen atoms in total. The minimum atomic E-state index is -1.90. The minimum absolute atomic E-state index is 0.805. The zero-order chi connectivity index (χ0) is 50.9. The Morgan fingerprint density at radius 2 is 0.630 bits per heavy atom. The Bertz CT molecular complexity index is 3720. The number of benzene rings is 9. The fourth-order valence-electron chi connectivity index (χ4n) is 11.4. The fourth-order valence-corrected chi connectivity index (χ4v) is 16.8. The Labute approximate surface area is 432 Å². The van der Waals surface area contributed by atoms with Crippen LogP contribution in [0.1, 0.15) is 0 Å². The van der Waals surface area contributed by atoms with Crippen molar-refractivity contribution in [2.75, 3.05) is 9.80 Å². The molecular formula is C64H68N2O3Si4-4. The van der Waals surface area contributed by atoms with E-state index in [9.17, 15) is 0 Å². The molecule has 0 saturated carbocycles. The van der Waals surface area contributed by atoms with Gasteiger partial charge in [-0.05, 0) is 0 Å². The average Bonchev–Trinajstić information content (AvgIpc) is 4.12. The van der Waals surface area contributed by atoms with Gasteiger partial charge in [-0.3, -0.25) is 0 Å². The van der Waals surface area contributed by atoms with Crippen molar-refractivity contribution in [1.29, 1.82) is 0 Å². The summed E-state index contributed by atoms with van der Waals surface area (Å²) in [4.78, 5) is 4.89. The molecule has 0 N–H and O–H groups in total. The molecule has 0 radical (unpaired) electrons. The molecule has 0 aliphatic rings. The van der Waals surface area contributed by atoms with E-state index in [1.807, 2.05) is 6.26 Å². The van der Waals surface area contributed by atoms with Gasteiger partial charge in [-0.25, -0.2) is 0 Å². The summed E-state index contributed by atoms with van der Waals surface area (Å²) < 4.78 is 21.4.